The first-order valence-corrected chi connectivity index (χ1v) is 9.15. The van der Waals surface area contributed by atoms with Crippen molar-refractivity contribution in [1.82, 2.24) is 10.2 Å². The smallest absolute Gasteiger partial charge is 0.0359 e. The van der Waals surface area contributed by atoms with E-state index in [4.69, 9.17) is 0 Å². The fraction of sp³-hybridized carbons (Fsp3) is 0.765. The summed E-state index contributed by atoms with van der Waals surface area (Å²) in [5, 5.41) is 6.06. The van der Waals surface area contributed by atoms with Gasteiger partial charge in [-0.15, -0.1) is 11.3 Å². The second kappa shape index (κ2) is 6.59. The van der Waals surface area contributed by atoms with E-state index in [1.807, 2.05) is 11.3 Å². The number of fused-ring (bicyclic) bond motifs is 1. The van der Waals surface area contributed by atoms with E-state index >= 15 is 0 Å². The summed E-state index contributed by atoms with van der Waals surface area (Å²) in [6, 6.07) is 3.76. The minimum Gasteiger partial charge on any atom is -0.313 e. The van der Waals surface area contributed by atoms with Crippen LogP contribution in [0.4, 0.5) is 0 Å². The van der Waals surface area contributed by atoms with Crippen molar-refractivity contribution < 1.29 is 0 Å². The molecule has 2 aliphatic rings. The summed E-state index contributed by atoms with van der Waals surface area (Å²) in [5.41, 5.74) is 1.64. The molecule has 1 aromatic heterocycles. The van der Waals surface area contributed by atoms with Crippen LogP contribution in [0.1, 0.15) is 56.0 Å². The maximum Gasteiger partial charge on any atom is 0.0359 e. The van der Waals surface area contributed by atoms with Crippen LogP contribution in [-0.2, 0) is 6.42 Å². The fourth-order valence-corrected chi connectivity index (χ4v) is 4.86. The Bertz CT molecular complexity index is 426. The van der Waals surface area contributed by atoms with Gasteiger partial charge in [0, 0.05) is 30.1 Å². The van der Waals surface area contributed by atoms with Gasteiger partial charge in [0.05, 0.1) is 0 Å². The molecular weight excluding hydrogens is 264 g/mol. The lowest BCUT2D eigenvalue weighted by Crippen LogP contribution is -2.40. The van der Waals surface area contributed by atoms with Crippen LogP contribution >= 0.6 is 11.3 Å². The van der Waals surface area contributed by atoms with Crippen LogP contribution in [-0.4, -0.2) is 30.6 Å². The van der Waals surface area contributed by atoms with Gasteiger partial charge in [-0.2, -0.15) is 0 Å². The average Bonchev–Trinajstić information content (AvgIpc) is 2.78. The van der Waals surface area contributed by atoms with Gasteiger partial charge in [-0.3, -0.25) is 4.90 Å². The van der Waals surface area contributed by atoms with Gasteiger partial charge in [0.25, 0.3) is 0 Å². The number of thiophene rings is 1. The van der Waals surface area contributed by atoms with Crippen LogP contribution in [0.2, 0.25) is 0 Å². The molecule has 1 aliphatic heterocycles. The van der Waals surface area contributed by atoms with Crippen molar-refractivity contribution in [3.8, 4) is 0 Å². The molecule has 1 aliphatic carbocycles. The van der Waals surface area contributed by atoms with Crippen molar-refractivity contribution in [1.29, 1.82) is 0 Å². The fourth-order valence-electron chi connectivity index (χ4n) is 3.88. The molecule has 112 valence electrons. The first-order valence-electron chi connectivity index (χ1n) is 8.27. The standard InChI is InChI=1S/C17H28N2S/c1-13(2)11-14-12-19(9-4-8-18-14)16-5-3-6-17-15(16)7-10-20-17/h7,10,13-14,16,18H,3-6,8-9,11-12H2,1-2H3. The van der Waals surface area contributed by atoms with Crippen molar-refractivity contribution in [2.24, 2.45) is 5.92 Å². The molecule has 2 heterocycles. The molecule has 2 atom stereocenters. The maximum atomic E-state index is 3.76. The topological polar surface area (TPSA) is 15.3 Å². The van der Waals surface area contributed by atoms with Crippen LogP contribution in [0.15, 0.2) is 11.4 Å². The van der Waals surface area contributed by atoms with Gasteiger partial charge >= 0.3 is 0 Å². The normalized spacial score (nSPS) is 28.4. The molecule has 3 rings (SSSR count). The molecule has 0 radical (unpaired) electrons. The molecule has 0 amide bonds. The minimum atomic E-state index is 0.682. The number of nitrogens with zero attached hydrogens (tertiary/aromatic N) is 1. The Labute approximate surface area is 127 Å². The van der Waals surface area contributed by atoms with E-state index in [9.17, 15) is 0 Å². The molecule has 2 nitrogen and oxygen atoms in total. The van der Waals surface area contributed by atoms with Crippen molar-refractivity contribution in [3.63, 3.8) is 0 Å². The first kappa shape index (κ1) is 14.6. The average molecular weight is 292 g/mol. The van der Waals surface area contributed by atoms with Crippen LogP contribution < -0.4 is 5.32 Å². The van der Waals surface area contributed by atoms with Gasteiger partial charge in [-0.05, 0) is 61.6 Å². The zero-order valence-corrected chi connectivity index (χ0v) is 13.7. The van der Waals surface area contributed by atoms with E-state index in [2.05, 4.69) is 35.5 Å². The van der Waals surface area contributed by atoms with Crippen LogP contribution in [0.5, 0.6) is 0 Å². The summed E-state index contributed by atoms with van der Waals surface area (Å²) in [4.78, 5) is 4.43. The summed E-state index contributed by atoms with van der Waals surface area (Å²) < 4.78 is 0. The highest BCUT2D eigenvalue weighted by Crippen LogP contribution is 2.37. The van der Waals surface area contributed by atoms with Gasteiger partial charge in [-0.25, -0.2) is 0 Å². The van der Waals surface area contributed by atoms with E-state index in [1.165, 1.54) is 51.7 Å². The summed E-state index contributed by atoms with van der Waals surface area (Å²) in [6.07, 6.45) is 6.64. The van der Waals surface area contributed by atoms with E-state index in [1.54, 1.807) is 10.4 Å². The largest absolute Gasteiger partial charge is 0.313 e. The van der Waals surface area contributed by atoms with Gasteiger partial charge in [0.15, 0.2) is 0 Å². The number of nitrogens with one attached hydrogen (secondary N) is 1. The van der Waals surface area contributed by atoms with Crippen LogP contribution in [0.3, 0.4) is 0 Å². The van der Waals surface area contributed by atoms with Gasteiger partial charge in [-0.1, -0.05) is 13.8 Å². The molecule has 0 saturated carbocycles. The second-order valence-electron chi connectivity index (χ2n) is 6.84. The summed E-state index contributed by atoms with van der Waals surface area (Å²) in [7, 11) is 0. The zero-order valence-electron chi connectivity index (χ0n) is 12.9. The first-order chi connectivity index (χ1) is 9.74. The molecule has 0 bridgehead atoms. The third-order valence-corrected chi connectivity index (χ3v) is 5.72. The predicted molar refractivity (Wildman–Crippen MR) is 87.4 cm³/mol. The number of hydrogen-bond acceptors (Lipinski definition) is 3. The van der Waals surface area contributed by atoms with Crippen molar-refractivity contribution >= 4 is 11.3 Å². The van der Waals surface area contributed by atoms with Gasteiger partial charge in [0.1, 0.15) is 0 Å². The summed E-state index contributed by atoms with van der Waals surface area (Å²) in [6.45, 7) is 8.37. The zero-order chi connectivity index (χ0) is 13.9. The van der Waals surface area contributed by atoms with E-state index in [-0.39, 0.29) is 0 Å². The Morgan fingerprint density at radius 3 is 3.15 bits per heavy atom. The third kappa shape index (κ3) is 3.26. The van der Waals surface area contributed by atoms with E-state index in [0.29, 0.717) is 12.1 Å². The number of rotatable bonds is 3. The number of hydrogen-bond donors (Lipinski definition) is 1. The van der Waals surface area contributed by atoms with Crippen molar-refractivity contribution in [2.75, 3.05) is 19.6 Å². The molecule has 3 heteroatoms. The van der Waals surface area contributed by atoms with Crippen LogP contribution in [0.25, 0.3) is 0 Å². The van der Waals surface area contributed by atoms with Crippen molar-refractivity contribution in [2.45, 2.75) is 58.0 Å². The highest BCUT2D eigenvalue weighted by Gasteiger charge is 2.29. The molecule has 0 spiro atoms. The van der Waals surface area contributed by atoms with E-state index in [0.717, 1.165) is 5.92 Å². The molecule has 1 fully saturated rings. The van der Waals surface area contributed by atoms with Crippen molar-refractivity contribution in [3.05, 3.63) is 21.9 Å². The minimum absolute atomic E-state index is 0.682. The third-order valence-electron chi connectivity index (χ3n) is 4.73. The van der Waals surface area contributed by atoms with Gasteiger partial charge in [0.2, 0.25) is 0 Å². The molecule has 2 unspecified atom stereocenters. The quantitative estimate of drug-likeness (QED) is 0.910. The van der Waals surface area contributed by atoms with E-state index < -0.39 is 0 Å². The molecule has 20 heavy (non-hydrogen) atoms. The highest BCUT2D eigenvalue weighted by molar-refractivity contribution is 7.10. The predicted octanol–water partition coefficient (Wildman–Crippen LogP) is 3.84. The maximum absolute atomic E-state index is 3.76. The lowest BCUT2D eigenvalue weighted by molar-refractivity contribution is 0.171. The summed E-state index contributed by atoms with van der Waals surface area (Å²) in [5.74, 6) is 0.788. The molecule has 0 aromatic carbocycles. The Kier molecular flexibility index (Phi) is 4.79. The Morgan fingerprint density at radius 1 is 1.40 bits per heavy atom. The molecular formula is C17H28N2S. The van der Waals surface area contributed by atoms with Crippen LogP contribution in [0, 0.1) is 5.92 Å². The lowest BCUT2D eigenvalue weighted by atomic mass is 9.92. The van der Waals surface area contributed by atoms with Gasteiger partial charge < -0.3 is 5.32 Å². The Hall–Kier alpha value is -0.380. The lowest BCUT2D eigenvalue weighted by Gasteiger charge is -2.35. The molecule has 1 aromatic rings. The second-order valence-corrected chi connectivity index (χ2v) is 7.84. The number of aryl methyl sites for hydroxylation is 1. The summed E-state index contributed by atoms with van der Waals surface area (Å²) >= 11 is 1.97. The molecule has 1 saturated heterocycles. The Morgan fingerprint density at radius 2 is 2.30 bits per heavy atom. The Balaban J connectivity index is 1.73. The molecule has 1 N–H and O–H groups in total. The highest BCUT2D eigenvalue weighted by atomic mass is 32.1. The monoisotopic (exact) mass is 292 g/mol. The SMILES string of the molecule is CC(C)CC1CN(C2CCCc3sccc32)CCCN1.